The molecule has 0 saturated carbocycles. The van der Waals surface area contributed by atoms with Crippen LogP contribution < -0.4 is 10.4 Å². The lowest BCUT2D eigenvalue weighted by Gasteiger charge is -2.10. The van der Waals surface area contributed by atoms with Gasteiger partial charge in [-0.2, -0.15) is 0 Å². The molecule has 0 aliphatic rings. The number of rotatable bonds is 8. The third kappa shape index (κ3) is 3.34. The first-order valence-electron chi connectivity index (χ1n) is 7.47. The van der Waals surface area contributed by atoms with Crippen molar-refractivity contribution in [1.29, 1.82) is 0 Å². The molecule has 122 valence electrons. The van der Waals surface area contributed by atoms with Crippen molar-refractivity contribution in [1.82, 2.24) is 9.13 Å². The van der Waals surface area contributed by atoms with Gasteiger partial charge in [0.1, 0.15) is 17.9 Å². The fourth-order valence-electron chi connectivity index (χ4n) is 2.47. The molecule has 0 amide bonds. The molecule has 0 aliphatic heterocycles. The van der Waals surface area contributed by atoms with Gasteiger partial charge in [-0.05, 0) is 26.0 Å². The normalized spacial score (nSPS) is 11.5. The Kier molecular flexibility index (Phi) is 5.63. The molecule has 6 nitrogen and oxygen atoms in total. The Morgan fingerprint density at radius 2 is 1.86 bits per heavy atom. The van der Waals surface area contributed by atoms with Gasteiger partial charge in [0.2, 0.25) is 0 Å². The molecule has 0 fully saturated rings. The lowest BCUT2D eigenvalue weighted by molar-refractivity contribution is 0.0546. The second kappa shape index (κ2) is 7.47. The van der Waals surface area contributed by atoms with Gasteiger partial charge >= 0.3 is 5.69 Å². The Balaban J connectivity index is 2.18. The van der Waals surface area contributed by atoms with Crippen LogP contribution in [0.2, 0.25) is 0 Å². The zero-order valence-electron chi connectivity index (χ0n) is 13.7. The molecule has 0 aliphatic carbocycles. The zero-order valence-corrected chi connectivity index (χ0v) is 13.7. The van der Waals surface area contributed by atoms with Crippen LogP contribution in [0.5, 0.6) is 5.75 Å². The van der Waals surface area contributed by atoms with Gasteiger partial charge in [-0.25, -0.2) is 4.79 Å². The first-order chi connectivity index (χ1) is 10.6. The highest BCUT2D eigenvalue weighted by Gasteiger charge is 2.16. The largest absolute Gasteiger partial charge is 0.489 e. The highest BCUT2D eigenvalue weighted by molar-refractivity contribution is 5.82. The maximum atomic E-state index is 12.4. The monoisotopic (exact) mass is 308 g/mol. The SMILES string of the molecule is COCCOCCOc1cccc2c1n(C)c(=O)n2C(C)C. The average molecular weight is 308 g/mol. The minimum absolute atomic E-state index is 0.0302. The van der Waals surface area contributed by atoms with Crippen molar-refractivity contribution >= 4 is 11.0 Å². The van der Waals surface area contributed by atoms with E-state index >= 15 is 0 Å². The number of fused-ring (bicyclic) bond motifs is 1. The molecule has 2 aromatic rings. The summed E-state index contributed by atoms with van der Waals surface area (Å²) in [5, 5.41) is 0. The second-order valence-electron chi connectivity index (χ2n) is 5.38. The highest BCUT2D eigenvalue weighted by atomic mass is 16.5. The molecule has 0 saturated heterocycles. The van der Waals surface area contributed by atoms with Crippen LogP contribution in [0.3, 0.4) is 0 Å². The minimum Gasteiger partial charge on any atom is -0.489 e. The van der Waals surface area contributed by atoms with Crippen molar-refractivity contribution in [3.63, 3.8) is 0 Å². The lowest BCUT2D eigenvalue weighted by atomic mass is 10.2. The van der Waals surface area contributed by atoms with E-state index in [1.54, 1.807) is 23.3 Å². The fraction of sp³-hybridized carbons (Fsp3) is 0.562. The summed E-state index contributed by atoms with van der Waals surface area (Å²) in [6.45, 7) is 6.03. The number of hydrogen-bond acceptors (Lipinski definition) is 4. The first-order valence-corrected chi connectivity index (χ1v) is 7.47. The Bertz CT molecular complexity index is 673. The summed E-state index contributed by atoms with van der Waals surface area (Å²) in [4.78, 5) is 12.4. The number of nitrogens with zero attached hydrogens (tertiary/aromatic N) is 2. The van der Waals surface area contributed by atoms with Crippen molar-refractivity contribution in [3.8, 4) is 5.75 Å². The maximum absolute atomic E-state index is 12.4. The summed E-state index contributed by atoms with van der Waals surface area (Å²) >= 11 is 0. The van der Waals surface area contributed by atoms with Crippen molar-refractivity contribution in [2.45, 2.75) is 19.9 Å². The molecule has 1 aromatic heterocycles. The molecule has 22 heavy (non-hydrogen) atoms. The van der Waals surface area contributed by atoms with E-state index in [0.717, 1.165) is 11.0 Å². The van der Waals surface area contributed by atoms with Gasteiger partial charge in [0.15, 0.2) is 0 Å². The minimum atomic E-state index is -0.0302. The van der Waals surface area contributed by atoms with E-state index in [0.29, 0.717) is 32.2 Å². The number of methoxy groups -OCH3 is 1. The summed E-state index contributed by atoms with van der Waals surface area (Å²) in [7, 11) is 3.41. The zero-order chi connectivity index (χ0) is 16.1. The van der Waals surface area contributed by atoms with E-state index in [-0.39, 0.29) is 11.7 Å². The van der Waals surface area contributed by atoms with Gasteiger partial charge < -0.3 is 14.2 Å². The van der Waals surface area contributed by atoms with Crippen LogP contribution in [0, 0.1) is 0 Å². The van der Waals surface area contributed by atoms with E-state index < -0.39 is 0 Å². The van der Waals surface area contributed by atoms with Crippen molar-refractivity contribution < 1.29 is 14.2 Å². The van der Waals surface area contributed by atoms with Crippen molar-refractivity contribution in [2.75, 3.05) is 33.5 Å². The van der Waals surface area contributed by atoms with Crippen LogP contribution in [0.25, 0.3) is 11.0 Å². The van der Waals surface area contributed by atoms with Crippen LogP contribution in [0.1, 0.15) is 19.9 Å². The molecule has 0 atom stereocenters. The van der Waals surface area contributed by atoms with Crippen molar-refractivity contribution in [3.05, 3.63) is 28.7 Å². The van der Waals surface area contributed by atoms with Crippen LogP contribution in [0.15, 0.2) is 23.0 Å². The van der Waals surface area contributed by atoms with Crippen LogP contribution in [-0.4, -0.2) is 42.7 Å². The predicted octanol–water partition coefficient (Wildman–Crippen LogP) is 1.96. The van der Waals surface area contributed by atoms with Gasteiger partial charge in [0.05, 0.1) is 25.3 Å². The molecule has 0 radical (unpaired) electrons. The molecule has 0 spiro atoms. The standard InChI is InChI=1S/C16H24N2O4/c1-12(2)18-13-6-5-7-14(15(13)17(3)16(18)19)22-11-10-21-9-8-20-4/h5-7,12H,8-11H2,1-4H3. The number of hydrogen-bond donors (Lipinski definition) is 0. The number of imidazole rings is 1. The number of ether oxygens (including phenoxy) is 3. The van der Waals surface area contributed by atoms with Crippen molar-refractivity contribution in [2.24, 2.45) is 7.05 Å². The molecule has 1 aromatic carbocycles. The molecule has 6 heteroatoms. The second-order valence-corrected chi connectivity index (χ2v) is 5.38. The number of aromatic nitrogens is 2. The molecule has 0 unspecified atom stereocenters. The summed E-state index contributed by atoms with van der Waals surface area (Å²) < 4.78 is 19.5. The Hall–Kier alpha value is -1.79. The molecular weight excluding hydrogens is 284 g/mol. The van der Waals surface area contributed by atoms with E-state index in [2.05, 4.69) is 0 Å². The van der Waals surface area contributed by atoms with E-state index in [1.807, 2.05) is 32.0 Å². The maximum Gasteiger partial charge on any atom is 0.329 e. The average Bonchev–Trinajstić information content (AvgIpc) is 2.75. The number of benzene rings is 1. The first kappa shape index (κ1) is 16.6. The smallest absolute Gasteiger partial charge is 0.329 e. The fourth-order valence-corrected chi connectivity index (χ4v) is 2.47. The molecular formula is C16H24N2O4. The highest BCUT2D eigenvalue weighted by Crippen LogP contribution is 2.26. The van der Waals surface area contributed by atoms with Gasteiger partial charge in [-0.15, -0.1) is 0 Å². The number of para-hydroxylation sites is 1. The third-order valence-corrected chi connectivity index (χ3v) is 3.50. The molecule has 1 heterocycles. The predicted molar refractivity (Wildman–Crippen MR) is 85.8 cm³/mol. The van der Waals surface area contributed by atoms with Gasteiger partial charge in [-0.1, -0.05) is 6.07 Å². The topological polar surface area (TPSA) is 54.6 Å². The summed E-state index contributed by atoms with van der Waals surface area (Å²) in [5.74, 6) is 0.701. The van der Waals surface area contributed by atoms with Gasteiger partial charge in [0, 0.05) is 20.2 Å². The Morgan fingerprint density at radius 1 is 1.14 bits per heavy atom. The Labute approximate surface area is 130 Å². The van der Waals surface area contributed by atoms with Gasteiger partial charge in [-0.3, -0.25) is 9.13 Å². The summed E-state index contributed by atoms with van der Waals surface area (Å²) in [6, 6.07) is 5.83. The van der Waals surface area contributed by atoms with Crippen LogP contribution >= 0.6 is 0 Å². The van der Waals surface area contributed by atoms with E-state index in [1.165, 1.54) is 0 Å². The summed E-state index contributed by atoms with van der Waals surface area (Å²) in [5.41, 5.74) is 1.68. The lowest BCUT2D eigenvalue weighted by Crippen LogP contribution is -2.23. The van der Waals surface area contributed by atoms with E-state index in [4.69, 9.17) is 14.2 Å². The number of aryl methyl sites for hydroxylation is 1. The molecule has 0 bridgehead atoms. The van der Waals surface area contributed by atoms with Gasteiger partial charge in [0.25, 0.3) is 0 Å². The van der Waals surface area contributed by atoms with E-state index in [9.17, 15) is 4.79 Å². The van der Waals surface area contributed by atoms with Crippen LogP contribution in [-0.2, 0) is 16.5 Å². The molecule has 2 rings (SSSR count). The Morgan fingerprint density at radius 3 is 2.55 bits per heavy atom. The summed E-state index contributed by atoms with van der Waals surface area (Å²) in [6.07, 6.45) is 0. The quantitative estimate of drug-likeness (QED) is 0.700. The third-order valence-electron chi connectivity index (χ3n) is 3.50. The molecule has 0 N–H and O–H groups in total. The van der Waals surface area contributed by atoms with Crippen LogP contribution in [0.4, 0.5) is 0 Å².